The third-order valence-corrected chi connectivity index (χ3v) is 3.77. The maximum Gasteiger partial charge on any atom is 0.335 e. The molecule has 1 atom stereocenters. The maximum atomic E-state index is 12.1. The number of carbonyl (C=O) groups excluding carboxylic acids is 1. The first kappa shape index (κ1) is 14.6. The summed E-state index contributed by atoms with van der Waals surface area (Å²) in [5, 5.41) is 12.1. The molecule has 2 N–H and O–H groups in total. The standard InChI is InChI=1S/C16H21NO3/c1-2-13(9-11-7-8-11)17-15(18)10-12-5-3-4-6-14(12)16(19)20/h3-6,11,13H,2,7-10H2,1H3,(H,17,18)(H,19,20). The van der Waals surface area contributed by atoms with Gasteiger partial charge < -0.3 is 10.4 Å². The van der Waals surface area contributed by atoms with Crippen LogP contribution < -0.4 is 5.32 Å². The summed E-state index contributed by atoms with van der Waals surface area (Å²) in [5.41, 5.74) is 0.775. The van der Waals surface area contributed by atoms with E-state index < -0.39 is 5.97 Å². The average Bonchev–Trinajstić information content (AvgIpc) is 3.22. The molecule has 0 heterocycles. The smallest absolute Gasteiger partial charge is 0.335 e. The highest BCUT2D eigenvalue weighted by molar-refractivity contribution is 5.91. The van der Waals surface area contributed by atoms with Gasteiger partial charge in [-0.05, 0) is 30.4 Å². The Bertz CT molecular complexity index is 494. The van der Waals surface area contributed by atoms with Crippen molar-refractivity contribution in [1.82, 2.24) is 5.32 Å². The van der Waals surface area contributed by atoms with E-state index in [4.69, 9.17) is 5.11 Å². The first-order chi connectivity index (χ1) is 9.60. The molecule has 1 aromatic rings. The number of nitrogens with one attached hydrogen (secondary N) is 1. The lowest BCUT2D eigenvalue weighted by molar-refractivity contribution is -0.121. The van der Waals surface area contributed by atoms with Gasteiger partial charge in [0.25, 0.3) is 0 Å². The zero-order valence-corrected chi connectivity index (χ0v) is 11.8. The van der Waals surface area contributed by atoms with Gasteiger partial charge in [-0.1, -0.05) is 38.0 Å². The van der Waals surface area contributed by atoms with Gasteiger partial charge in [0.05, 0.1) is 12.0 Å². The van der Waals surface area contributed by atoms with Gasteiger partial charge in [-0.3, -0.25) is 4.79 Å². The highest BCUT2D eigenvalue weighted by atomic mass is 16.4. The minimum atomic E-state index is -0.988. The van der Waals surface area contributed by atoms with E-state index in [1.165, 1.54) is 18.9 Å². The number of carboxylic acid groups (broad SMARTS) is 1. The van der Waals surface area contributed by atoms with E-state index in [1.54, 1.807) is 18.2 Å². The lowest BCUT2D eigenvalue weighted by Crippen LogP contribution is -2.36. The number of hydrogen-bond acceptors (Lipinski definition) is 2. The van der Waals surface area contributed by atoms with Crippen LogP contribution in [0, 0.1) is 5.92 Å². The van der Waals surface area contributed by atoms with Crippen LogP contribution >= 0.6 is 0 Å². The minimum absolute atomic E-state index is 0.0915. The fraction of sp³-hybridized carbons (Fsp3) is 0.500. The highest BCUT2D eigenvalue weighted by Gasteiger charge is 2.25. The molecule has 0 aromatic heterocycles. The van der Waals surface area contributed by atoms with E-state index in [0.717, 1.165) is 18.8 Å². The molecule has 1 aromatic carbocycles. The molecule has 1 amide bonds. The summed E-state index contributed by atoms with van der Waals surface area (Å²) in [5.74, 6) is -0.309. The number of carboxylic acids is 1. The molecule has 0 aliphatic heterocycles. The van der Waals surface area contributed by atoms with Gasteiger partial charge in [-0.2, -0.15) is 0 Å². The second kappa shape index (κ2) is 6.55. The van der Waals surface area contributed by atoms with Crippen LogP contribution in [0.25, 0.3) is 0 Å². The summed E-state index contributed by atoms with van der Waals surface area (Å²) in [7, 11) is 0. The molecule has 0 bridgehead atoms. The topological polar surface area (TPSA) is 66.4 Å². The number of hydrogen-bond donors (Lipinski definition) is 2. The summed E-state index contributed by atoms with van der Waals surface area (Å²) < 4.78 is 0. The molecular formula is C16H21NO3. The van der Waals surface area contributed by atoms with Gasteiger partial charge in [-0.15, -0.1) is 0 Å². The molecular weight excluding hydrogens is 254 g/mol. The third-order valence-electron chi connectivity index (χ3n) is 3.77. The van der Waals surface area contributed by atoms with Crippen LogP contribution in [-0.4, -0.2) is 23.0 Å². The van der Waals surface area contributed by atoms with Crippen LogP contribution in [0.5, 0.6) is 0 Å². The Morgan fingerprint density at radius 1 is 1.35 bits per heavy atom. The van der Waals surface area contributed by atoms with Gasteiger partial charge in [-0.25, -0.2) is 4.79 Å². The molecule has 0 radical (unpaired) electrons. The van der Waals surface area contributed by atoms with Crippen molar-refractivity contribution in [3.63, 3.8) is 0 Å². The molecule has 4 nitrogen and oxygen atoms in total. The van der Waals surface area contributed by atoms with E-state index in [0.29, 0.717) is 5.56 Å². The van der Waals surface area contributed by atoms with Crippen molar-refractivity contribution in [2.45, 2.75) is 45.1 Å². The Morgan fingerprint density at radius 3 is 2.65 bits per heavy atom. The number of amides is 1. The monoisotopic (exact) mass is 275 g/mol. The molecule has 4 heteroatoms. The number of aromatic carboxylic acids is 1. The molecule has 1 fully saturated rings. The predicted octanol–water partition coefficient (Wildman–Crippen LogP) is 2.62. The fourth-order valence-electron chi connectivity index (χ4n) is 2.42. The van der Waals surface area contributed by atoms with E-state index in [9.17, 15) is 9.59 Å². The summed E-state index contributed by atoms with van der Waals surface area (Å²) >= 11 is 0. The Balaban J connectivity index is 1.94. The zero-order chi connectivity index (χ0) is 14.5. The third kappa shape index (κ3) is 4.08. The van der Waals surface area contributed by atoms with Crippen LogP contribution in [0.2, 0.25) is 0 Å². The van der Waals surface area contributed by atoms with Gasteiger partial charge in [0, 0.05) is 6.04 Å². The van der Waals surface area contributed by atoms with Gasteiger partial charge in [0.2, 0.25) is 5.91 Å². The zero-order valence-electron chi connectivity index (χ0n) is 11.8. The summed E-state index contributed by atoms with van der Waals surface area (Å²) in [4.78, 5) is 23.2. The molecule has 1 aliphatic carbocycles. The lowest BCUT2D eigenvalue weighted by Gasteiger charge is -2.17. The van der Waals surface area contributed by atoms with Crippen LogP contribution in [0.1, 0.15) is 48.5 Å². The van der Waals surface area contributed by atoms with Crippen molar-refractivity contribution in [1.29, 1.82) is 0 Å². The quantitative estimate of drug-likeness (QED) is 0.804. The largest absolute Gasteiger partial charge is 0.478 e. The van der Waals surface area contributed by atoms with E-state index in [1.807, 2.05) is 0 Å². The van der Waals surface area contributed by atoms with E-state index in [-0.39, 0.29) is 23.9 Å². The normalized spacial score (nSPS) is 15.7. The second-order valence-electron chi connectivity index (χ2n) is 5.49. The average molecular weight is 275 g/mol. The summed E-state index contributed by atoms with van der Waals surface area (Å²) in [6, 6.07) is 6.88. The Hall–Kier alpha value is -1.84. The molecule has 20 heavy (non-hydrogen) atoms. The van der Waals surface area contributed by atoms with E-state index in [2.05, 4.69) is 12.2 Å². The van der Waals surface area contributed by atoms with Crippen molar-refractivity contribution in [3.05, 3.63) is 35.4 Å². The lowest BCUT2D eigenvalue weighted by atomic mass is 10.0. The number of rotatable bonds is 7. The van der Waals surface area contributed by atoms with Crippen molar-refractivity contribution < 1.29 is 14.7 Å². The van der Waals surface area contributed by atoms with Crippen molar-refractivity contribution in [2.24, 2.45) is 5.92 Å². The maximum absolute atomic E-state index is 12.1. The van der Waals surface area contributed by atoms with Gasteiger partial charge in [0.1, 0.15) is 0 Å². The SMILES string of the molecule is CCC(CC1CC1)NC(=O)Cc1ccccc1C(=O)O. The Labute approximate surface area is 119 Å². The Morgan fingerprint density at radius 2 is 2.05 bits per heavy atom. The fourth-order valence-corrected chi connectivity index (χ4v) is 2.42. The summed E-state index contributed by atoms with van der Waals surface area (Å²) in [6.07, 6.45) is 4.64. The molecule has 0 saturated heterocycles. The van der Waals surface area contributed by atoms with Crippen molar-refractivity contribution >= 4 is 11.9 Å². The van der Waals surface area contributed by atoms with Crippen LogP contribution in [-0.2, 0) is 11.2 Å². The van der Waals surface area contributed by atoms with Gasteiger partial charge >= 0.3 is 5.97 Å². The van der Waals surface area contributed by atoms with Crippen molar-refractivity contribution in [2.75, 3.05) is 0 Å². The number of carbonyl (C=O) groups is 2. The highest BCUT2D eigenvalue weighted by Crippen LogP contribution is 2.34. The van der Waals surface area contributed by atoms with E-state index >= 15 is 0 Å². The number of benzene rings is 1. The van der Waals surface area contributed by atoms with Crippen molar-refractivity contribution in [3.8, 4) is 0 Å². The van der Waals surface area contributed by atoms with Crippen LogP contribution in [0.15, 0.2) is 24.3 Å². The first-order valence-electron chi connectivity index (χ1n) is 7.20. The molecule has 1 aliphatic rings. The molecule has 108 valence electrons. The molecule has 1 saturated carbocycles. The second-order valence-corrected chi connectivity index (χ2v) is 5.49. The predicted molar refractivity (Wildman–Crippen MR) is 76.7 cm³/mol. The Kier molecular flexibility index (Phi) is 4.77. The summed E-state index contributed by atoms with van der Waals surface area (Å²) in [6.45, 7) is 2.07. The minimum Gasteiger partial charge on any atom is -0.478 e. The molecule has 0 spiro atoms. The van der Waals surface area contributed by atoms with Gasteiger partial charge in [0.15, 0.2) is 0 Å². The molecule has 1 unspecified atom stereocenters. The molecule has 2 rings (SSSR count). The first-order valence-corrected chi connectivity index (χ1v) is 7.20. The van der Waals surface area contributed by atoms with Crippen LogP contribution in [0.4, 0.5) is 0 Å². The van der Waals surface area contributed by atoms with Crippen LogP contribution in [0.3, 0.4) is 0 Å².